The van der Waals surface area contributed by atoms with Gasteiger partial charge in [-0.15, -0.1) is 11.3 Å². The summed E-state index contributed by atoms with van der Waals surface area (Å²) < 4.78 is 0. The lowest BCUT2D eigenvalue weighted by atomic mass is 9.99. The van der Waals surface area contributed by atoms with E-state index in [9.17, 15) is 4.79 Å². The number of amides is 1. The topological polar surface area (TPSA) is 42.0 Å². The van der Waals surface area contributed by atoms with E-state index in [-0.39, 0.29) is 5.91 Å². The van der Waals surface area contributed by atoms with Crippen LogP contribution in [0.4, 0.5) is 5.69 Å². The van der Waals surface area contributed by atoms with Crippen LogP contribution in [0.15, 0.2) is 53.9 Å². The van der Waals surface area contributed by atoms with E-state index in [0.29, 0.717) is 6.42 Å². The van der Waals surface area contributed by atoms with Gasteiger partial charge >= 0.3 is 0 Å². The zero-order valence-corrected chi connectivity index (χ0v) is 13.4. The fourth-order valence-electron chi connectivity index (χ4n) is 2.84. The van der Waals surface area contributed by atoms with Crippen LogP contribution >= 0.6 is 11.3 Å². The highest BCUT2D eigenvalue weighted by atomic mass is 32.1. The number of fused-ring (bicyclic) bond motifs is 1. The number of carbonyl (C=O) groups is 1. The lowest BCUT2D eigenvalue weighted by Crippen LogP contribution is -2.18. The van der Waals surface area contributed by atoms with Crippen LogP contribution in [0, 0.1) is 0 Å². The van der Waals surface area contributed by atoms with E-state index in [1.165, 1.54) is 11.1 Å². The molecule has 0 bridgehead atoms. The first-order chi connectivity index (χ1) is 11.3. The van der Waals surface area contributed by atoms with Gasteiger partial charge in [0.05, 0.1) is 10.7 Å². The van der Waals surface area contributed by atoms with Crippen LogP contribution in [0.3, 0.4) is 0 Å². The van der Waals surface area contributed by atoms with Crippen molar-refractivity contribution in [1.29, 1.82) is 0 Å². The highest BCUT2D eigenvalue weighted by molar-refractivity contribution is 7.10. The number of carbonyl (C=O) groups excluding carboxylic acids is 1. The maximum Gasteiger partial charge on any atom is 0.224 e. The van der Waals surface area contributed by atoms with Crippen LogP contribution < -0.4 is 5.32 Å². The molecular weight excluding hydrogens is 304 g/mol. The predicted octanol–water partition coefficient (Wildman–Crippen LogP) is 4.29. The summed E-state index contributed by atoms with van der Waals surface area (Å²) in [6, 6.07) is 16.6. The molecule has 3 aromatic rings. The van der Waals surface area contributed by atoms with E-state index in [0.717, 1.165) is 34.8 Å². The number of hydrogen-bond donors (Lipinski definition) is 1. The van der Waals surface area contributed by atoms with Gasteiger partial charge in [0.2, 0.25) is 5.91 Å². The van der Waals surface area contributed by atoms with Crippen LogP contribution in [-0.4, -0.2) is 10.9 Å². The van der Waals surface area contributed by atoms with Crippen molar-refractivity contribution in [3.8, 4) is 11.3 Å². The first kappa shape index (κ1) is 14.2. The van der Waals surface area contributed by atoms with Gasteiger partial charge in [-0.3, -0.25) is 4.79 Å². The molecule has 0 saturated carbocycles. The Balaban J connectivity index is 1.58. The normalized spacial score (nSPS) is 13.5. The van der Waals surface area contributed by atoms with Gasteiger partial charge in [0.1, 0.15) is 0 Å². The minimum atomic E-state index is 0.101. The Kier molecular flexibility index (Phi) is 3.67. The third kappa shape index (κ3) is 3.03. The van der Waals surface area contributed by atoms with E-state index in [4.69, 9.17) is 4.98 Å². The van der Waals surface area contributed by atoms with Gasteiger partial charge < -0.3 is 5.32 Å². The Labute approximate surface area is 139 Å². The molecule has 1 aliphatic rings. The number of hydrogen-bond acceptors (Lipinski definition) is 3. The van der Waals surface area contributed by atoms with Crippen molar-refractivity contribution < 1.29 is 4.79 Å². The number of benzene rings is 2. The SMILES string of the molecule is O=C1CCc2cc(-c3csc(Cc4ccccc4)n3)ccc2N1. The van der Waals surface area contributed by atoms with Crippen LogP contribution in [0.25, 0.3) is 11.3 Å². The maximum absolute atomic E-state index is 11.4. The molecule has 0 aliphatic carbocycles. The zero-order chi connectivity index (χ0) is 15.6. The van der Waals surface area contributed by atoms with Gasteiger partial charge in [0, 0.05) is 29.5 Å². The van der Waals surface area contributed by atoms with Crippen molar-refractivity contribution in [3.63, 3.8) is 0 Å². The maximum atomic E-state index is 11.4. The van der Waals surface area contributed by atoms with Crippen LogP contribution in [0.2, 0.25) is 0 Å². The molecule has 23 heavy (non-hydrogen) atoms. The molecular formula is C19H16N2OS. The summed E-state index contributed by atoms with van der Waals surface area (Å²) in [4.78, 5) is 16.2. The number of aromatic nitrogens is 1. The second-order valence-corrected chi connectivity index (χ2v) is 6.65. The monoisotopic (exact) mass is 320 g/mol. The van der Waals surface area contributed by atoms with E-state index in [1.807, 2.05) is 18.2 Å². The van der Waals surface area contributed by atoms with E-state index in [2.05, 4.69) is 41.0 Å². The Morgan fingerprint density at radius 1 is 1.09 bits per heavy atom. The number of rotatable bonds is 3. The average molecular weight is 320 g/mol. The molecule has 1 aliphatic heterocycles. The Bertz CT molecular complexity index is 855. The highest BCUT2D eigenvalue weighted by Gasteiger charge is 2.15. The van der Waals surface area contributed by atoms with Gasteiger partial charge in [-0.2, -0.15) is 0 Å². The summed E-state index contributed by atoms with van der Waals surface area (Å²) in [6.07, 6.45) is 2.23. The van der Waals surface area contributed by atoms with Crippen molar-refractivity contribution >= 4 is 22.9 Å². The molecule has 114 valence electrons. The van der Waals surface area contributed by atoms with Crippen molar-refractivity contribution in [2.24, 2.45) is 0 Å². The summed E-state index contributed by atoms with van der Waals surface area (Å²) in [7, 11) is 0. The van der Waals surface area contributed by atoms with Crippen LogP contribution in [-0.2, 0) is 17.6 Å². The molecule has 0 saturated heterocycles. The summed E-state index contributed by atoms with van der Waals surface area (Å²) >= 11 is 1.70. The average Bonchev–Trinajstić information content (AvgIpc) is 3.04. The highest BCUT2D eigenvalue weighted by Crippen LogP contribution is 2.29. The first-order valence-corrected chi connectivity index (χ1v) is 8.57. The lowest BCUT2D eigenvalue weighted by Gasteiger charge is -2.17. The summed E-state index contributed by atoms with van der Waals surface area (Å²) in [6.45, 7) is 0. The number of aryl methyl sites for hydroxylation is 1. The molecule has 4 heteroatoms. The molecule has 1 aromatic heterocycles. The molecule has 2 heterocycles. The molecule has 0 unspecified atom stereocenters. The van der Waals surface area contributed by atoms with Crippen LogP contribution in [0.5, 0.6) is 0 Å². The van der Waals surface area contributed by atoms with E-state index >= 15 is 0 Å². The largest absolute Gasteiger partial charge is 0.326 e. The summed E-state index contributed by atoms with van der Waals surface area (Å²) in [5.41, 5.74) is 5.54. The summed E-state index contributed by atoms with van der Waals surface area (Å²) in [5.74, 6) is 0.101. The first-order valence-electron chi connectivity index (χ1n) is 7.69. The predicted molar refractivity (Wildman–Crippen MR) is 93.7 cm³/mol. The van der Waals surface area contributed by atoms with Crippen molar-refractivity contribution in [2.75, 3.05) is 5.32 Å². The third-order valence-electron chi connectivity index (χ3n) is 4.05. The molecule has 0 fully saturated rings. The van der Waals surface area contributed by atoms with Crippen LogP contribution in [0.1, 0.15) is 22.6 Å². The third-order valence-corrected chi connectivity index (χ3v) is 4.90. The zero-order valence-electron chi connectivity index (χ0n) is 12.6. The molecule has 1 amide bonds. The minimum Gasteiger partial charge on any atom is -0.326 e. The Morgan fingerprint density at radius 3 is 2.83 bits per heavy atom. The van der Waals surface area contributed by atoms with Gasteiger partial charge in [0.25, 0.3) is 0 Å². The fourth-order valence-corrected chi connectivity index (χ4v) is 3.68. The van der Waals surface area contributed by atoms with E-state index in [1.54, 1.807) is 11.3 Å². The number of nitrogens with zero attached hydrogens (tertiary/aromatic N) is 1. The summed E-state index contributed by atoms with van der Waals surface area (Å²) in [5, 5.41) is 6.15. The molecule has 1 N–H and O–H groups in total. The molecule has 0 radical (unpaired) electrons. The second kappa shape index (κ2) is 5.97. The lowest BCUT2D eigenvalue weighted by molar-refractivity contribution is -0.116. The minimum absolute atomic E-state index is 0.101. The van der Waals surface area contributed by atoms with Gasteiger partial charge in [-0.1, -0.05) is 36.4 Å². The number of nitrogens with one attached hydrogen (secondary N) is 1. The quantitative estimate of drug-likeness (QED) is 0.782. The number of thiazole rings is 1. The second-order valence-electron chi connectivity index (χ2n) is 5.71. The van der Waals surface area contributed by atoms with Crippen molar-refractivity contribution in [3.05, 3.63) is 70.0 Å². The van der Waals surface area contributed by atoms with Gasteiger partial charge in [-0.25, -0.2) is 4.98 Å². The standard InChI is InChI=1S/C19H16N2OS/c22-18-9-7-14-11-15(6-8-16(14)20-18)17-12-23-19(21-17)10-13-4-2-1-3-5-13/h1-6,8,11-12H,7,9-10H2,(H,20,22). The molecule has 0 atom stereocenters. The molecule has 3 nitrogen and oxygen atoms in total. The molecule has 4 rings (SSSR count). The Morgan fingerprint density at radius 2 is 1.96 bits per heavy atom. The van der Waals surface area contributed by atoms with Gasteiger partial charge in [0.15, 0.2) is 0 Å². The number of anilines is 1. The Hall–Kier alpha value is -2.46. The smallest absolute Gasteiger partial charge is 0.224 e. The fraction of sp³-hybridized carbons (Fsp3) is 0.158. The molecule has 0 spiro atoms. The van der Waals surface area contributed by atoms with Crippen molar-refractivity contribution in [1.82, 2.24) is 4.98 Å². The van der Waals surface area contributed by atoms with E-state index < -0.39 is 0 Å². The molecule has 2 aromatic carbocycles. The van der Waals surface area contributed by atoms with Crippen molar-refractivity contribution in [2.45, 2.75) is 19.3 Å². The van der Waals surface area contributed by atoms with Gasteiger partial charge in [-0.05, 0) is 29.7 Å².